The van der Waals surface area contributed by atoms with Gasteiger partial charge in [0.05, 0.1) is 47.4 Å². The number of aromatic nitrogens is 3. The molecule has 0 saturated carbocycles. The van der Waals surface area contributed by atoms with Gasteiger partial charge in [0.15, 0.2) is 0 Å². The highest BCUT2D eigenvalue weighted by atomic mass is 16.5. The predicted octanol–water partition coefficient (Wildman–Crippen LogP) is 4.22. The summed E-state index contributed by atoms with van der Waals surface area (Å²) >= 11 is 0. The molecule has 214 valence electrons. The third-order valence-electron chi connectivity index (χ3n) is 8.71. The summed E-state index contributed by atoms with van der Waals surface area (Å²) in [7, 11) is 0. The number of hydrogen-bond donors (Lipinski definition) is 1. The zero-order valence-electron chi connectivity index (χ0n) is 23.2. The third kappa shape index (κ3) is 5.17. The number of nitrogens with zero attached hydrogens (tertiary/aromatic N) is 6. The van der Waals surface area contributed by atoms with Gasteiger partial charge < -0.3 is 24.0 Å². The fraction of sp³-hybridized carbons (Fsp3) is 0.375. The molecule has 0 aliphatic carbocycles. The van der Waals surface area contributed by atoms with Crippen molar-refractivity contribution < 1.29 is 19.4 Å². The van der Waals surface area contributed by atoms with Gasteiger partial charge in [-0.1, -0.05) is 18.2 Å². The first kappa shape index (κ1) is 26.4. The molecule has 10 heteroatoms. The van der Waals surface area contributed by atoms with Crippen LogP contribution >= 0.6 is 0 Å². The smallest absolute Gasteiger partial charge is 0.335 e. The third-order valence-corrected chi connectivity index (χ3v) is 8.71. The van der Waals surface area contributed by atoms with E-state index in [1.165, 1.54) is 0 Å². The Morgan fingerprint density at radius 3 is 2.52 bits per heavy atom. The van der Waals surface area contributed by atoms with Gasteiger partial charge in [-0.15, -0.1) is 0 Å². The van der Waals surface area contributed by atoms with E-state index >= 15 is 0 Å². The maximum absolute atomic E-state index is 11.7. The highest BCUT2D eigenvalue weighted by molar-refractivity contribution is 5.92. The van der Waals surface area contributed by atoms with Crippen molar-refractivity contribution in [1.82, 2.24) is 19.4 Å². The minimum Gasteiger partial charge on any atom is -0.478 e. The number of pyridine rings is 1. The van der Waals surface area contributed by atoms with Crippen molar-refractivity contribution >= 4 is 22.8 Å². The second-order valence-electron chi connectivity index (χ2n) is 11.3. The molecule has 5 heterocycles. The maximum atomic E-state index is 11.7. The number of carboxylic acids is 1. The lowest BCUT2D eigenvalue weighted by Gasteiger charge is -2.41. The molecule has 3 aliphatic rings. The van der Waals surface area contributed by atoms with Gasteiger partial charge in [0.2, 0.25) is 5.88 Å². The molecule has 3 saturated heterocycles. The summed E-state index contributed by atoms with van der Waals surface area (Å²) in [5.41, 5.74) is 3.57. The molecule has 2 aromatic carbocycles. The first-order chi connectivity index (χ1) is 20.5. The first-order valence-electron chi connectivity index (χ1n) is 14.5. The van der Waals surface area contributed by atoms with Gasteiger partial charge in [-0.25, -0.2) is 9.78 Å². The lowest BCUT2D eigenvalue weighted by atomic mass is 10.1. The van der Waals surface area contributed by atoms with Crippen molar-refractivity contribution in [2.75, 3.05) is 24.6 Å². The number of nitriles is 1. The predicted molar refractivity (Wildman–Crippen MR) is 155 cm³/mol. The maximum Gasteiger partial charge on any atom is 0.335 e. The number of ether oxygens (including phenoxy) is 2. The number of piperazine rings is 1. The van der Waals surface area contributed by atoms with Crippen molar-refractivity contribution in [3.05, 3.63) is 83.2 Å². The van der Waals surface area contributed by atoms with E-state index in [2.05, 4.69) is 20.4 Å². The Morgan fingerprint density at radius 1 is 1.05 bits per heavy atom. The van der Waals surface area contributed by atoms with Gasteiger partial charge in [0.25, 0.3) is 0 Å². The summed E-state index contributed by atoms with van der Waals surface area (Å²) in [6.45, 7) is 4.31. The average Bonchev–Trinajstić information content (AvgIpc) is 3.44. The van der Waals surface area contributed by atoms with Crippen LogP contribution in [0.1, 0.15) is 46.6 Å². The summed E-state index contributed by atoms with van der Waals surface area (Å²) in [6, 6.07) is 21.4. The Labute approximate surface area is 243 Å². The Balaban J connectivity index is 1.06. The molecule has 10 nitrogen and oxygen atoms in total. The van der Waals surface area contributed by atoms with Gasteiger partial charge in [-0.3, -0.25) is 4.90 Å². The molecular weight excluding hydrogens is 532 g/mol. The quantitative estimate of drug-likeness (QED) is 0.319. The number of carboxylic acid groups (broad SMARTS) is 1. The van der Waals surface area contributed by atoms with Crippen LogP contribution in [0.4, 0.5) is 5.82 Å². The van der Waals surface area contributed by atoms with E-state index in [4.69, 9.17) is 24.7 Å². The molecular formula is C32H32N6O4. The minimum atomic E-state index is -0.933. The highest BCUT2D eigenvalue weighted by Crippen LogP contribution is 2.34. The van der Waals surface area contributed by atoms with Crippen LogP contribution in [0.15, 0.2) is 60.7 Å². The largest absolute Gasteiger partial charge is 0.478 e. The van der Waals surface area contributed by atoms with Gasteiger partial charge >= 0.3 is 5.97 Å². The van der Waals surface area contributed by atoms with E-state index in [0.29, 0.717) is 43.2 Å². The molecule has 2 bridgehead atoms. The standard InChI is InChI=1S/C32H32N6O4/c33-15-21-4-6-22(7-5-21)20-42-31-3-1-2-29(35-31)36-16-24-9-10-25(17-36)37(24)19-30-34-27-11-8-23(32(39)40)14-28(27)38(30)18-26-12-13-41-26/h1-8,11,14,24-26H,9-10,12-13,16-20H2,(H,39,40)/t24?,25?,26-/m0/s1. The van der Waals surface area contributed by atoms with E-state index in [-0.39, 0.29) is 11.7 Å². The molecule has 1 N–H and O–H groups in total. The SMILES string of the molecule is N#Cc1ccc(COc2cccc(N3CC4CCC(C3)N4Cc3nc4ccc(C(=O)O)cc4n3C[C@@H]3CCO3)n2)cc1. The minimum absolute atomic E-state index is 0.140. The number of imidazole rings is 1. The number of fused-ring (bicyclic) bond motifs is 3. The Kier molecular flexibility index (Phi) is 6.98. The van der Waals surface area contributed by atoms with E-state index in [9.17, 15) is 9.90 Å². The molecule has 42 heavy (non-hydrogen) atoms. The summed E-state index contributed by atoms with van der Waals surface area (Å²) in [6.07, 6.45) is 3.38. The second-order valence-corrected chi connectivity index (χ2v) is 11.3. The summed E-state index contributed by atoms with van der Waals surface area (Å²) < 4.78 is 13.9. The topological polar surface area (TPSA) is 117 Å². The highest BCUT2D eigenvalue weighted by Gasteiger charge is 2.41. The molecule has 7 rings (SSSR count). The number of aromatic carboxylic acids is 1. The Morgan fingerprint density at radius 2 is 1.83 bits per heavy atom. The second kappa shape index (κ2) is 11.1. The van der Waals surface area contributed by atoms with Crippen LogP contribution in [0, 0.1) is 11.3 Å². The molecule has 2 aromatic heterocycles. The molecule has 2 unspecified atom stereocenters. The van der Waals surface area contributed by atoms with Crippen molar-refractivity contribution in [2.24, 2.45) is 0 Å². The summed E-state index contributed by atoms with van der Waals surface area (Å²) in [4.78, 5) is 26.4. The van der Waals surface area contributed by atoms with E-state index in [1.54, 1.807) is 24.3 Å². The molecule has 0 amide bonds. The van der Waals surface area contributed by atoms with Crippen LogP contribution < -0.4 is 9.64 Å². The van der Waals surface area contributed by atoms with Gasteiger partial charge in [-0.2, -0.15) is 10.2 Å². The van der Waals surface area contributed by atoms with Crippen LogP contribution in [0.3, 0.4) is 0 Å². The number of rotatable bonds is 9. The number of carbonyl (C=O) groups is 1. The summed E-state index contributed by atoms with van der Waals surface area (Å²) in [5, 5.41) is 18.6. The number of anilines is 1. The summed E-state index contributed by atoms with van der Waals surface area (Å²) in [5.74, 6) is 1.53. The lowest BCUT2D eigenvalue weighted by Crippen LogP contribution is -2.53. The van der Waals surface area contributed by atoms with Crippen LogP contribution in [0.25, 0.3) is 11.0 Å². The normalized spacial score (nSPS) is 21.7. The van der Waals surface area contributed by atoms with E-state index < -0.39 is 5.97 Å². The lowest BCUT2D eigenvalue weighted by molar-refractivity contribution is -0.0592. The van der Waals surface area contributed by atoms with Gasteiger partial charge in [0.1, 0.15) is 18.2 Å². The van der Waals surface area contributed by atoms with Crippen molar-refractivity contribution in [3.63, 3.8) is 0 Å². The number of hydrogen-bond acceptors (Lipinski definition) is 8. The van der Waals surface area contributed by atoms with Crippen molar-refractivity contribution in [1.29, 1.82) is 5.26 Å². The Hall–Kier alpha value is -4.46. The van der Waals surface area contributed by atoms with Crippen molar-refractivity contribution in [3.8, 4) is 11.9 Å². The fourth-order valence-electron chi connectivity index (χ4n) is 6.35. The van der Waals surface area contributed by atoms with Crippen molar-refractivity contribution in [2.45, 2.75) is 57.1 Å². The molecule has 3 fully saturated rings. The van der Waals surface area contributed by atoms with E-state index in [0.717, 1.165) is 67.2 Å². The molecule has 0 spiro atoms. The monoisotopic (exact) mass is 564 g/mol. The zero-order valence-corrected chi connectivity index (χ0v) is 23.2. The van der Waals surface area contributed by atoms with Crippen LogP contribution in [-0.4, -0.2) is 68.4 Å². The van der Waals surface area contributed by atoms with Gasteiger partial charge in [0, 0.05) is 37.8 Å². The fourth-order valence-corrected chi connectivity index (χ4v) is 6.35. The zero-order chi connectivity index (χ0) is 28.6. The molecule has 4 aromatic rings. The molecule has 3 atom stereocenters. The molecule has 0 radical (unpaired) electrons. The average molecular weight is 565 g/mol. The first-order valence-corrected chi connectivity index (χ1v) is 14.5. The molecule has 3 aliphatic heterocycles. The van der Waals surface area contributed by atoms with Crippen LogP contribution in [0.5, 0.6) is 5.88 Å². The number of benzene rings is 2. The van der Waals surface area contributed by atoms with Gasteiger partial charge in [-0.05, 0) is 61.2 Å². The van der Waals surface area contributed by atoms with Crippen LogP contribution in [0.2, 0.25) is 0 Å². The van der Waals surface area contributed by atoms with Crippen LogP contribution in [-0.2, 0) is 24.4 Å². The Bertz CT molecular complexity index is 1640. The van der Waals surface area contributed by atoms with E-state index in [1.807, 2.05) is 36.4 Å².